The molecule has 2 heterocycles. The number of anilines is 1. The molecular formula is C21H18FN3O. The number of rotatable bonds is 4. The third-order valence-corrected chi connectivity index (χ3v) is 4.52. The van der Waals surface area contributed by atoms with Crippen LogP contribution in [0.2, 0.25) is 0 Å². The first-order valence-electron chi connectivity index (χ1n) is 8.45. The third-order valence-electron chi connectivity index (χ3n) is 4.52. The van der Waals surface area contributed by atoms with Gasteiger partial charge in [0.25, 0.3) is 5.91 Å². The largest absolute Gasteiger partial charge is 0.360 e. The van der Waals surface area contributed by atoms with Crippen LogP contribution in [0, 0.1) is 12.7 Å². The molecule has 0 fully saturated rings. The average molecular weight is 347 g/mol. The van der Waals surface area contributed by atoms with Crippen LogP contribution in [0.5, 0.6) is 0 Å². The summed E-state index contributed by atoms with van der Waals surface area (Å²) in [4.78, 5) is 19.0. The molecule has 0 radical (unpaired) electrons. The average Bonchev–Trinajstić information content (AvgIpc) is 2.91. The minimum atomic E-state index is -0.369. The number of hydrogen-bond acceptors (Lipinski definition) is 3. The van der Waals surface area contributed by atoms with Gasteiger partial charge in [0.1, 0.15) is 12.0 Å². The summed E-state index contributed by atoms with van der Waals surface area (Å²) >= 11 is 0. The van der Waals surface area contributed by atoms with E-state index < -0.39 is 0 Å². The summed E-state index contributed by atoms with van der Waals surface area (Å²) in [7, 11) is 0. The molecule has 1 aromatic heterocycles. The molecule has 2 aromatic carbocycles. The lowest BCUT2D eigenvalue weighted by Gasteiger charge is -2.26. The second kappa shape index (κ2) is 6.59. The standard InChI is InChI=1S/C21H18FN3O/c1-14-4-10-17(11-5-14)24-20-19-18(3-2-12-23-19)21(26)25(20)13-15-6-8-16(22)9-7-15/h2-12,20,24H,13H2,1H3/t20-/m1/s1. The lowest BCUT2D eigenvalue weighted by Crippen LogP contribution is -2.32. The van der Waals surface area contributed by atoms with Gasteiger partial charge in [-0.15, -0.1) is 0 Å². The molecule has 3 aromatic rings. The number of hydrogen-bond donors (Lipinski definition) is 1. The molecule has 1 aliphatic rings. The molecule has 0 unspecified atom stereocenters. The molecule has 4 nitrogen and oxygen atoms in total. The van der Waals surface area contributed by atoms with Crippen molar-refractivity contribution < 1.29 is 9.18 Å². The maximum absolute atomic E-state index is 13.2. The predicted octanol–water partition coefficient (Wildman–Crippen LogP) is 4.30. The fourth-order valence-electron chi connectivity index (χ4n) is 3.14. The van der Waals surface area contributed by atoms with Gasteiger partial charge < -0.3 is 10.2 Å². The molecule has 0 saturated carbocycles. The normalized spacial score (nSPS) is 15.8. The Morgan fingerprint density at radius 2 is 1.81 bits per heavy atom. The molecule has 1 N–H and O–H groups in total. The van der Waals surface area contributed by atoms with Crippen LogP contribution in [0.25, 0.3) is 0 Å². The first kappa shape index (κ1) is 16.3. The van der Waals surface area contributed by atoms with Gasteiger partial charge in [0, 0.05) is 18.4 Å². The van der Waals surface area contributed by atoms with Crippen LogP contribution in [0.1, 0.15) is 33.3 Å². The minimum absolute atomic E-state index is 0.0814. The Balaban J connectivity index is 1.67. The quantitative estimate of drug-likeness (QED) is 0.765. The highest BCUT2D eigenvalue weighted by atomic mass is 19.1. The first-order valence-corrected chi connectivity index (χ1v) is 8.45. The molecule has 4 rings (SSSR count). The summed E-state index contributed by atoms with van der Waals surface area (Å²) in [5.74, 6) is -0.372. The van der Waals surface area contributed by atoms with Crippen molar-refractivity contribution >= 4 is 11.6 Å². The van der Waals surface area contributed by atoms with E-state index in [1.165, 1.54) is 17.7 Å². The maximum atomic E-state index is 13.2. The van der Waals surface area contributed by atoms with Crippen molar-refractivity contribution in [3.8, 4) is 0 Å². The van der Waals surface area contributed by atoms with E-state index in [-0.39, 0.29) is 17.9 Å². The van der Waals surface area contributed by atoms with Crippen LogP contribution in [-0.4, -0.2) is 15.8 Å². The molecule has 0 saturated heterocycles. The third kappa shape index (κ3) is 3.04. The summed E-state index contributed by atoms with van der Waals surface area (Å²) in [5, 5.41) is 3.40. The lowest BCUT2D eigenvalue weighted by atomic mass is 10.2. The van der Waals surface area contributed by atoms with Crippen molar-refractivity contribution in [3.63, 3.8) is 0 Å². The summed E-state index contributed by atoms with van der Waals surface area (Å²) < 4.78 is 13.2. The number of carbonyl (C=O) groups excluding carboxylic acids is 1. The van der Waals surface area contributed by atoms with Gasteiger partial charge in [-0.25, -0.2) is 4.39 Å². The van der Waals surface area contributed by atoms with E-state index in [1.54, 1.807) is 35.4 Å². The van der Waals surface area contributed by atoms with Crippen LogP contribution in [0.3, 0.4) is 0 Å². The Morgan fingerprint density at radius 3 is 2.54 bits per heavy atom. The van der Waals surface area contributed by atoms with Crippen molar-refractivity contribution in [3.05, 3.63) is 95.1 Å². The van der Waals surface area contributed by atoms with Crippen molar-refractivity contribution in [1.29, 1.82) is 0 Å². The van der Waals surface area contributed by atoms with E-state index in [2.05, 4.69) is 10.3 Å². The molecule has 130 valence electrons. The monoisotopic (exact) mass is 347 g/mol. The van der Waals surface area contributed by atoms with E-state index in [1.807, 2.05) is 31.2 Å². The number of nitrogens with one attached hydrogen (secondary N) is 1. The summed E-state index contributed by atoms with van der Waals surface area (Å²) in [6.07, 6.45) is 1.32. The highest BCUT2D eigenvalue weighted by Gasteiger charge is 2.37. The fraction of sp³-hybridized carbons (Fsp3) is 0.143. The molecule has 0 bridgehead atoms. The van der Waals surface area contributed by atoms with Gasteiger partial charge in [0.05, 0.1) is 11.3 Å². The van der Waals surface area contributed by atoms with Gasteiger partial charge in [-0.3, -0.25) is 9.78 Å². The number of aryl methyl sites for hydroxylation is 1. The topological polar surface area (TPSA) is 45.2 Å². The number of nitrogens with zero attached hydrogens (tertiary/aromatic N) is 2. The first-order chi connectivity index (χ1) is 12.6. The second-order valence-corrected chi connectivity index (χ2v) is 6.41. The maximum Gasteiger partial charge on any atom is 0.258 e. The Morgan fingerprint density at radius 1 is 1.08 bits per heavy atom. The number of benzene rings is 2. The van der Waals surface area contributed by atoms with E-state index in [9.17, 15) is 9.18 Å². The second-order valence-electron chi connectivity index (χ2n) is 6.41. The van der Waals surface area contributed by atoms with Crippen molar-refractivity contribution in [1.82, 2.24) is 9.88 Å². The van der Waals surface area contributed by atoms with Crippen molar-refractivity contribution in [2.24, 2.45) is 0 Å². The number of amides is 1. The zero-order valence-electron chi connectivity index (χ0n) is 14.3. The number of fused-ring (bicyclic) bond motifs is 1. The highest BCUT2D eigenvalue weighted by Crippen LogP contribution is 2.34. The van der Waals surface area contributed by atoms with Gasteiger partial charge in [0.15, 0.2) is 0 Å². The number of halogens is 1. The zero-order valence-corrected chi connectivity index (χ0v) is 14.3. The van der Waals surface area contributed by atoms with E-state index in [4.69, 9.17) is 0 Å². The molecule has 0 spiro atoms. The molecule has 26 heavy (non-hydrogen) atoms. The van der Waals surface area contributed by atoms with Crippen LogP contribution in [0.4, 0.5) is 10.1 Å². The van der Waals surface area contributed by atoms with Gasteiger partial charge in [-0.05, 0) is 48.9 Å². The lowest BCUT2D eigenvalue weighted by molar-refractivity contribution is 0.0728. The Hall–Kier alpha value is -3.21. The Kier molecular flexibility index (Phi) is 4.13. The highest BCUT2D eigenvalue weighted by molar-refractivity contribution is 5.98. The minimum Gasteiger partial charge on any atom is -0.360 e. The van der Waals surface area contributed by atoms with Gasteiger partial charge >= 0.3 is 0 Å². The number of pyridine rings is 1. The van der Waals surface area contributed by atoms with Crippen LogP contribution in [-0.2, 0) is 6.54 Å². The molecule has 1 amide bonds. The molecule has 1 atom stereocenters. The summed E-state index contributed by atoms with van der Waals surface area (Å²) in [6, 6.07) is 17.8. The SMILES string of the molecule is Cc1ccc(N[C@H]2c3ncccc3C(=O)N2Cc2ccc(F)cc2)cc1. The van der Waals surface area contributed by atoms with Crippen LogP contribution in [0.15, 0.2) is 66.9 Å². The molecule has 0 aliphatic carbocycles. The van der Waals surface area contributed by atoms with E-state index in [0.717, 1.165) is 11.3 Å². The summed E-state index contributed by atoms with van der Waals surface area (Å²) in [6.45, 7) is 2.40. The molecule has 1 aliphatic heterocycles. The van der Waals surface area contributed by atoms with Crippen LogP contribution >= 0.6 is 0 Å². The fourth-order valence-corrected chi connectivity index (χ4v) is 3.14. The van der Waals surface area contributed by atoms with Crippen LogP contribution < -0.4 is 5.32 Å². The van der Waals surface area contributed by atoms with E-state index >= 15 is 0 Å². The smallest absolute Gasteiger partial charge is 0.258 e. The predicted molar refractivity (Wildman–Crippen MR) is 98.1 cm³/mol. The number of carbonyl (C=O) groups is 1. The number of aromatic nitrogens is 1. The van der Waals surface area contributed by atoms with E-state index in [0.29, 0.717) is 17.8 Å². The van der Waals surface area contributed by atoms with Gasteiger partial charge in [0.2, 0.25) is 0 Å². The Bertz CT molecular complexity index is 938. The molecular weight excluding hydrogens is 329 g/mol. The van der Waals surface area contributed by atoms with Crippen molar-refractivity contribution in [2.75, 3.05) is 5.32 Å². The van der Waals surface area contributed by atoms with Crippen molar-refractivity contribution in [2.45, 2.75) is 19.6 Å². The zero-order chi connectivity index (χ0) is 18.1. The van der Waals surface area contributed by atoms with Gasteiger partial charge in [-0.2, -0.15) is 0 Å². The van der Waals surface area contributed by atoms with Gasteiger partial charge in [-0.1, -0.05) is 29.8 Å². The Labute approximate surface area is 151 Å². The molecule has 5 heteroatoms. The summed E-state index contributed by atoms with van der Waals surface area (Å²) in [5.41, 5.74) is 4.25.